The summed E-state index contributed by atoms with van der Waals surface area (Å²) in [6, 6.07) is 8.64. The SMILES string of the molecule is C/C(=N\c1c(C)c(=O)n(C)c(=O)n1C)Oc1cccc(C#N)c1. The van der Waals surface area contributed by atoms with Gasteiger partial charge in [-0.15, -0.1) is 0 Å². The molecule has 0 N–H and O–H groups in total. The zero-order valence-electron chi connectivity index (χ0n) is 13.3. The third-order valence-corrected chi connectivity index (χ3v) is 3.34. The van der Waals surface area contributed by atoms with Gasteiger partial charge in [0.2, 0.25) is 0 Å². The number of rotatable bonds is 2. The molecule has 0 fully saturated rings. The summed E-state index contributed by atoms with van der Waals surface area (Å²) in [6.45, 7) is 3.21. The van der Waals surface area contributed by atoms with Crippen LogP contribution in [0.15, 0.2) is 38.8 Å². The standard InChI is InChI=1S/C16H16N4O3/c1-10-14(19(3)16(22)20(4)15(10)21)18-11(2)23-13-7-5-6-12(8-13)9-17/h5-8H,1-4H3/b18-11+. The number of hydrogen-bond donors (Lipinski definition) is 0. The normalized spacial score (nSPS) is 11.2. The Labute approximate surface area is 132 Å². The molecule has 0 atom stereocenters. The highest BCUT2D eigenvalue weighted by Gasteiger charge is 2.12. The Kier molecular flexibility index (Phi) is 4.46. The highest BCUT2D eigenvalue weighted by atomic mass is 16.5. The third kappa shape index (κ3) is 3.21. The van der Waals surface area contributed by atoms with Gasteiger partial charge in [0.05, 0.1) is 17.2 Å². The van der Waals surface area contributed by atoms with Crippen LogP contribution in [0.1, 0.15) is 18.1 Å². The van der Waals surface area contributed by atoms with E-state index in [0.29, 0.717) is 16.9 Å². The van der Waals surface area contributed by atoms with Crippen LogP contribution in [0.5, 0.6) is 5.75 Å². The maximum Gasteiger partial charge on any atom is 0.332 e. The number of nitrogens with zero attached hydrogens (tertiary/aromatic N) is 4. The topological polar surface area (TPSA) is 89.4 Å². The zero-order valence-corrected chi connectivity index (χ0v) is 13.3. The average Bonchev–Trinajstić information content (AvgIpc) is 2.55. The van der Waals surface area contributed by atoms with Crippen LogP contribution in [0.4, 0.5) is 5.82 Å². The minimum absolute atomic E-state index is 0.243. The number of aliphatic imine (C=N–C) groups is 1. The van der Waals surface area contributed by atoms with Crippen molar-refractivity contribution in [1.82, 2.24) is 9.13 Å². The van der Waals surface area contributed by atoms with Crippen molar-refractivity contribution in [3.8, 4) is 11.8 Å². The van der Waals surface area contributed by atoms with Gasteiger partial charge in [0, 0.05) is 21.0 Å². The molecule has 7 nitrogen and oxygen atoms in total. The fraction of sp³-hybridized carbons (Fsp3) is 0.250. The molecular formula is C16H16N4O3. The first-order valence-electron chi connectivity index (χ1n) is 6.85. The summed E-state index contributed by atoms with van der Waals surface area (Å²) in [5, 5.41) is 8.88. The molecule has 2 aromatic rings. The second-order valence-corrected chi connectivity index (χ2v) is 5.03. The Morgan fingerprint density at radius 3 is 2.61 bits per heavy atom. The molecule has 0 radical (unpaired) electrons. The van der Waals surface area contributed by atoms with Gasteiger partial charge in [-0.1, -0.05) is 6.07 Å². The Balaban J connectivity index is 2.44. The minimum Gasteiger partial charge on any atom is -0.443 e. The van der Waals surface area contributed by atoms with Gasteiger partial charge in [0.25, 0.3) is 5.56 Å². The fourth-order valence-electron chi connectivity index (χ4n) is 2.13. The molecule has 0 spiro atoms. The molecule has 0 aliphatic rings. The summed E-state index contributed by atoms with van der Waals surface area (Å²) in [5.41, 5.74) is -0.0412. The lowest BCUT2D eigenvalue weighted by atomic mass is 10.2. The predicted molar refractivity (Wildman–Crippen MR) is 86.2 cm³/mol. The van der Waals surface area contributed by atoms with E-state index >= 15 is 0 Å². The largest absolute Gasteiger partial charge is 0.443 e. The first kappa shape index (κ1) is 16.2. The summed E-state index contributed by atoms with van der Waals surface area (Å²) in [7, 11) is 2.96. The summed E-state index contributed by atoms with van der Waals surface area (Å²) in [6.07, 6.45) is 0. The fourth-order valence-corrected chi connectivity index (χ4v) is 2.13. The van der Waals surface area contributed by atoms with Crippen molar-refractivity contribution in [3.05, 3.63) is 56.2 Å². The number of nitriles is 1. The monoisotopic (exact) mass is 312 g/mol. The second-order valence-electron chi connectivity index (χ2n) is 5.03. The Morgan fingerprint density at radius 1 is 1.26 bits per heavy atom. The lowest BCUT2D eigenvalue weighted by molar-refractivity contribution is 0.545. The quantitative estimate of drug-likeness (QED) is 0.619. The molecule has 23 heavy (non-hydrogen) atoms. The van der Waals surface area contributed by atoms with E-state index in [1.807, 2.05) is 6.07 Å². The molecule has 0 aliphatic heterocycles. The van der Waals surface area contributed by atoms with Crippen molar-refractivity contribution in [2.75, 3.05) is 0 Å². The van der Waals surface area contributed by atoms with Crippen LogP contribution in [0.2, 0.25) is 0 Å². The summed E-state index contributed by atoms with van der Waals surface area (Å²) >= 11 is 0. The van der Waals surface area contributed by atoms with Gasteiger partial charge in [0.1, 0.15) is 11.6 Å². The number of ether oxygens (including phenoxy) is 1. The molecule has 1 heterocycles. The maximum atomic E-state index is 12.0. The van der Waals surface area contributed by atoms with E-state index in [9.17, 15) is 9.59 Å². The van der Waals surface area contributed by atoms with Crippen molar-refractivity contribution in [3.63, 3.8) is 0 Å². The van der Waals surface area contributed by atoms with Crippen molar-refractivity contribution in [1.29, 1.82) is 5.26 Å². The molecule has 7 heteroatoms. The van der Waals surface area contributed by atoms with Gasteiger partial charge in [-0.2, -0.15) is 10.3 Å². The third-order valence-electron chi connectivity index (χ3n) is 3.34. The van der Waals surface area contributed by atoms with Crippen LogP contribution in [-0.2, 0) is 14.1 Å². The van der Waals surface area contributed by atoms with Gasteiger partial charge >= 0.3 is 5.69 Å². The van der Waals surface area contributed by atoms with E-state index in [-0.39, 0.29) is 11.7 Å². The van der Waals surface area contributed by atoms with Crippen LogP contribution in [0.25, 0.3) is 0 Å². The Hall–Kier alpha value is -3.14. The highest BCUT2D eigenvalue weighted by Crippen LogP contribution is 2.16. The first-order chi connectivity index (χ1) is 10.8. The lowest BCUT2D eigenvalue weighted by Crippen LogP contribution is -2.38. The van der Waals surface area contributed by atoms with Crippen LogP contribution >= 0.6 is 0 Å². The Morgan fingerprint density at radius 2 is 1.96 bits per heavy atom. The van der Waals surface area contributed by atoms with Gasteiger partial charge < -0.3 is 4.74 Å². The zero-order chi connectivity index (χ0) is 17.1. The van der Waals surface area contributed by atoms with Crippen LogP contribution in [0.3, 0.4) is 0 Å². The minimum atomic E-state index is -0.460. The molecule has 0 amide bonds. The van der Waals surface area contributed by atoms with E-state index in [4.69, 9.17) is 10.00 Å². The molecule has 2 rings (SSSR count). The second kappa shape index (κ2) is 6.32. The predicted octanol–water partition coefficient (Wildman–Crippen LogP) is 1.39. The van der Waals surface area contributed by atoms with Crippen LogP contribution in [0, 0.1) is 18.3 Å². The molecule has 0 aliphatic carbocycles. The summed E-state index contributed by atoms with van der Waals surface area (Å²) in [5.74, 6) is 0.954. The molecular weight excluding hydrogens is 296 g/mol. The van der Waals surface area contributed by atoms with Crippen LogP contribution < -0.4 is 16.0 Å². The molecule has 0 saturated carbocycles. The van der Waals surface area contributed by atoms with E-state index in [1.54, 1.807) is 38.1 Å². The smallest absolute Gasteiger partial charge is 0.332 e. The summed E-state index contributed by atoms with van der Waals surface area (Å²) in [4.78, 5) is 28.2. The highest BCUT2D eigenvalue weighted by molar-refractivity contribution is 5.79. The maximum absolute atomic E-state index is 12.0. The van der Waals surface area contributed by atoms with Crippen molar-refractivity contribution in [2.45, 2.75) is 13.8 Å². The number of hydrogen-bond acceptors (Lipinski definition) is 5. The van der Waals surface area contributed by atoms with E-state index < -0.39 is 11.2 Å². The Bertz CT molecular complexity index is 908. The number of benzene rings is 1. The first-order valence-corrected chi connectivity index (χ1v) is 6.85. The van der Waals surface area contributed by atoms with Crippen LogP contribution in [-0.4, -0.2) is 15.0 Å². The van der Waals surface area contributed by atoms with E-state index in [1.165, 1.54) is 18.7 Å². The van der Waals surface area contributed by atoms with Gasteiger partial charge in [-0.05, 0) is 25.1 Å². The van der Waals surface area contributed by atoms with Crippen molar-refractivity contribution in [2.24, 2.45) is 19.1 Å². The van der Waals surface area contributed by atoms with Crippen molar-refractivity contribution >= 4 is 11.7 Å². The molecule has 1 aromatic heterocycles. The molecule has 0 unspecified atom stereocenters. The van der Waals surface area contributed by atoms with E-state index in [2.05, 4.69) is 4.99 Å². The van der Waals surface area contributed by atoms with Gasteiger partial charge in [-0.25, -0.2) is 4.79 Å². The molecule has 0 saturated heterocycles. The molecule has 118 valence electrons. The van der Waals surface area contributed by atoms with Gasteiger partial charge in [-0.3, -0.25) is 13.9 Å². The lowest BCUT2D eigenvalue weighted by Gasteiger charge is -2.10. The molecule has 0 bridgehead atoms. The molecule has 1 aromatic carbocycles. The summed E-state index contributed by atoms with van der Waals surface area (Å²) < 4.78 is 7.87. The van der Waals surface area contributed by atoms with E-state index in [0.717, 1.165) is 4.57 Å². The number of aromatic nitrogens is 2. The average molecular weight is 312 g/mol. The van der Waals surface area contributed by atoms with Gasteiger partial charge in [0.15, 0.2) is 5.90 Å². The van der Waals surface area contributed by atoms with Crippen molar-refractivity contribution < 1.29 is 4.74 Å².